The second-order valence-electron chi connectivity index (χ2n) is 27.9. The number of nitrogens with one attached hydrogen (secondary N) is 1. The molecule has 0 saturated carbocycles. The van der Waals surface area contributed by atoms with E-state index in [-0.39, 0.29) is 62.2 Å². The van der Waals surface area contributed by atoms with Crippen LogP contribution in [0.25, 0.3) is 0 Å². The number of likely N-dealkylation sites (N-methyl/N-ethyl adjacent to an activating group) is 4. The largest absolute Gasteiger partial charge is 0.479 e. The SMILES string of the molecule is CN[C@@H](CC(C)(C)F)C(=O)O[C@H](Cc1ccc(C(C)(C)C)cc1)C(=O)N(C)[C@@H](CC(C)(C)C)C(=O)O[C@H](C)C(=O)N(C)[C@@H](CCC(C)(C)F)C(=O)O[C@H](CCc1ccc(C(C)(C)C)cc1)C(=O)N(C)[C@@H](CC(C)(C)C)C(=O)O[C@H](C)C(=O)O. The smallest absolute Gasteiger partial charge is 0.344 e. The first-order valence-electron chi connectivity index (χ1n) is 28.7. The van der Waals surface area contributed by atoms with Gasteiger partial charge in [0.1, 0.15) is 35.5 Å². The van der Waals surface area contributed by atoms with Crippen LogP contribution in [0.2, 0.25) is 0 Å². The van der Waals surface area contributed by atoms with Crippen LogP contribution < -0.4 is 5.32 Å². The fourth-order valence-electron chi connectivity index (χ4n) is 9.14. The summed E-state index contributed by atoms with van der Waals surface area (Å²) in [5.41, 5.74) is -1.74. The Morgan fingerprint density at radius 3 is 1.27 bits per heavy atom. The lowest BCUT2D eigenvalue weighted by molar-refractivity contribution is -0.175. The summed E-state index contributed by atoms with van der Waals surface area (Å²) in [6.45, 7) is 30.9. The molecule has 0 aliphatic heterocycles. The van der Waals surface area contributed by atoms with Gasteiger partial charge in [0.05, 0.1) is 0 Å². The third kappa shape index (κ3) is 24.6. The normalized spacial score (nSPS) is 15.5. The average Bonchev–Trinajstić information content (AvgIpc) is 3.42. The minimum atomic E-state index is -1.86. The number of benzene rings is 2. The number of halogens is 2. The summed E-state index contributed by atoms with van der Waals surface area (Å²) in [7, 11) is 5.40. The standard InChI is InChI=1S/C64H100F2N4O13/c1-39(80-57(78)47(37-59(3,4)5)70(22)53(73)50(83-55(76)45(67-19)36-64(17,18)66)35-42-25-30-44(31-26-42)62(12,13)14)51(71)68(20)46(33-34-63(15,16)65)56(77)82-49(32-27-41-23-28-43(29-24-41)61(9,10)11)52(72)69(21)48(38-60(6,7)8)58(79)81-40(2)54(74)75/h23-26,28-31,39-40,45-50,67H,27,32-38H2,1-22H3,(H,74,75)/t39-,40-,45+,46+,47+,48+,49-,50-/m1/s1. The van der Waals surface area contributed by atoms with Crippen LogP contribution >= 0.6 is 0 Å². The van der Waals surface area contributed by atoms with Crippen molar-refractivity contribution in [2.75, 3.05) is 28.2 Å². The first-order valence-corrected chi connectivity index (χ1v) is 28.7. The lowest BCUT2D eigenvalue weighted by Crippen LogP contribution is -2.54. The Morgan fingerprint density at radius 1 is 0.494 bits per heavy atom. The molecular formula is C64H100F2N4O13. The highest BCUT2D eigenvalue weighted by molar-refractivity contribution is 5.93. The van der Waals surface area contributed by atoms with Crippen molar-refractivity contribution in [2.45, 2.75) is 247 Å². The van der Waals surface area contributed by atoms with Crippen molar-refractivity contribution in [2.24, 2.45) is 10.8 Å². The predicted molar refractivity (Wildman–Crippen MR) is 316 cm³/mol. The number of carbonyl (C=O) groups is 8. The van der Waals surface area contributed by atoms with Crippen molar-refractivity contribution in [3.63, 3.8) is 0 Å². The number of amides is 3. The molecule has 19 heteroatoms. The molecule has 0 aliphatic carbocycles. The summed E-state index contributed by atoms with van der Waals surface area (Å²) in [5, 5.41) is 12.3. The zero-order valence-electron chi connectivity index (χ0n) is 53.8. The van der Waals surface area contributed by atoms with Gasteiger partial charge in [0.25, 0.3) is 17.7 Å². The molecule has 8 atom stereocenters. The van der Waals surface area contributed by atoms with Crippen molar-refractivity contribution >= 4 is 47.6 Å². The van der Waals surface area contributed by atoms with Crippen LogP contribution in [-0.2, 0) is 81.0 Å². The van der Waals surface area contributed by atoms with Crippen LogP contribution in [0.1, 0.15) is 185 Å². The number of carbonyl (C=O) groups excluding carboxylic acids is 7. The van der Waals surface area contributed by atoms with Crippen LogP contribution in [0.3, 0.4) is 0 Å². The summed E-state index contributed by atoms with van der Waals surface area (Å²) in [4.78, 5) is 116. The maximum absolute atomic E-state index is 15.4. The van der Waals surface area contributed by atoms with Crippen molar-refractivity contribution in [3.05, 3.63) is 70.8 Å². The predicted octanol–water partition coefficient (Wildman–Crippen LogP) is 9.84. The average molecular weight is 1170 g/mol. The molecule has 0 radical (unpaired) electrons. The summed E-state index contributed by atoms with van der Waals surface area (Å²) in [6.07, 6.45) is -7.12. The Labute approximate surface area is 493 Å². The fraction of sp³-hybridized carbons (Fsp3) is 0.688. The second-order valence-corrected chi connectivity index (χ2v) is 27.9. The zero-order valence-corrected chi connectivity index (χ0v) is 53.8. The number of carboxylic acids is 1. The number of ether oxygens (including phenoxy) is 4. The monoisotopic (exact) mass is 1170 g/mol. The molecule has 0 spiro atoms. The highest BCUT2D eigenvalue weighted by Gasteiger charge is 2.43. The van der Waals surface area contributed by atoms with E-state index < -0.39 is 118 Å². The molecule has 0 unspecified atom stereocenters. The molecule has 17 nitrogen and oxygen atoms in total. The molecule has 0 aromatic heterocycles. The fourth-order valence-corrected chi connectivity index (χ4v) is 9.14. The van der Waals surface area contributed by atoms with Gasteiger partial charge in [0.15, 0.2) is 24.4 Å². The summed E-state index contributed by atoms with van der Waals surface area (Å²) < 4.78 is 53.4. The van der Waals surface area contributed by atoms with Gasteiger partial charge >= 0.3 is 29.8 Å². The molecule has 2 aromatic rings. The van der Waals surface area contributed by atoms with Crippen molar-refractivity contribution in [3.8, 4) is 0 Å². The van der Waals surface area contributed by atoms with E-state index in [2.05, 4.69) is 46.9 Å². The molecule has 83 heavy (non-hydrogen) atoms. The van der Waals surface area contributed by atoms with E-state index in [0.717, 1.165) is 31.4 Å². The highest BCUT2D eigenvalue weighted by atomic mass is 19.1. The van der Waals surface area contributed by atoms with E-state index in [1.165, 1.54) is 69.7 Å². The number of esters is 4. The third-order valence-corrected chi connectivity index (χ3v) is 14.3. The van der Waals surface area contributed by atoms with Crippen molar-refractivity contribution in [1.82, 2.24) is 20.0 Å². The Kier molecular flexibility index (Phi) is 26.2. The lowest BCUT2D eigenvalue weighted by Gasteiger charge is -2.35. The minimum Gasteiger partial charge on any atom is -0.479 e. The zero-order chi connectivity index (χ0) is 64.1. The van der Waals surface area contributed by atoms with E-state index in [9.17, 15) is 47.9 Å². The van der Waals surface area contributed by atoms with Gasteiger partial charge < -0.3 is 44.1 Å². The molecule has 2 N–H and O–H groups in total. The molecule has 0 aliphatic rings. The molecule has 0 bridgehead atoms. The molecule has 0 fully saturated rings. The van der Waals surface area contributed by atoms with Gasteiger partial charge in [-0.25, -0.2) is 28.0 Å². The van der Waals surface area contributed by atoms with E-state index in [1.54, 1.807) is 0 Å². The number of nitrogens with zero attached hydrogens (tertiary/aromatic N) is 3. The van der Waals surface area contributed by atoms with Crippen LogP contribution in [0.15, 0.2) is 48.5 Å². The Bertz CT molecular complexity index is 2510. The number of carboxylic acid groups (broad SMARTS) is 1. The van der Waals surface area contributed by atoms with Gasteiger partial charge in [0, 0.05) is 34.0 Å². The minimum absolute atomic E-state index is 0.000995. The number of aliphatic carboxylic acids is 1. The van der Waals surface area contributed by atoms with Gasteiger partial charge in [0.2, 0.25) is 0 Å². The molecule has 468 valence electrons. The maximum atomic E-state index is 15.4. The van der Waals surface area contributed by atoms with Crippen molar-refractivity contribution in [1.29, 1.82) is 0 Å². The summed E-state index contributed by atoms with van der Waals surface area (Å²) in [5.74, 6) is -7.92. The number of hydrogen-bond acceptors (Lipinski definition) is 13. The topological polar surface area (TPSA) is 215 Å². The van der Waals surface area contributed by atoms with E-state index in [4.69, 9.17) is 18.9 Å². The van der Waals surface area contributed by atoms with Gasteiger partial charge in [-0.1, -0.05) is 132 Å². The van der Waals surface area contributed by atoms with Crippen LogP contribution in [0.4, 0.5) is 8.78 Å². The second kappa shape index (κ2) is 29.7. The molecule has 0 saturated heterocycles. The van der Waals surface area contributed by atoms with Gasteiger partial charge in [-0.3, -0.25) is 19.2 Å². The van der Waals surface area contributed by atoms with E-state index in [0.29, 0.717) is 5.56 Å². The van der Waals surface area contributed by atoms with E-state index in [1.807, 2.05) is 90.1 Å². The number of aryl methyl sites for hydroxylation is 1. The quantitative estimate of drug-likeness (QED) is 0.0599. The summed E-state index contributed by atoms with van der Waals surface area (Å²) >= 11 is 0. The lowest BCUT2D eigenvalue weighted by atomic mass is 9.86. The van der Waals surface area contributed by atoms with Crippen LogP contribution in [-0.4, -0.2) is 155 Å². The Balaban J connectivity index is 2.66. The van der Waals surface area contributed by atoms with Gasteiger partial charge in [-0.15, -0.1) is 0 Å². The summed E-state index contributed by atoms with van der Waals surface area (Å²) in [6, 6.07) is 9.74. The first-order chi connectivity index (χ1) is 37.7. The van der Waals surface area contributed by atoms with Gasteiger partial charge in [-0.2, -0.15) is 0 Å². The van der Waals surface area contributed by atoms with Crippen LogP contribution in [0, 0.1) is 10.8 Å². The Hall–Kier alpha value is -5.98. The maximum Gasteiger partial charge on any atom is 0.344 e. The van der Waals surface area contributed by atoms with Gasteiger partial charge in [-0.05, 0) is 131 Å². The number of rotatable bonds is 28. The molecular weight excluding hydrogens is 1070 g/mol. The number of alkyl halides is 2. The Morgan fingerprint density at radius 2 is 0.880 bits per heavy atom. The number of hydrogen-bond donors (Lipinski definition) is 2. The molecule has 3 amide bonds. The third-order valence-electron chi connectivity index (χ3n) is 14.3. The first kappa shape index (κ1) is 73.1. The molecule has 2 aromatic carbocycles. The highest BCUT2D eigenvalue weighted by Crippen LogP contribution is 2.30. The molecule has 0 heterocycles. The van der Waals surface area contributed by atoms with Crippen LogP contribution in [0.5, 0.6) is 0 Å². The van der Waals surface area contributed by atoms with Crippen molar-refractivity contribution < 1.29 is 71.2 Å². The molecule has 2 rings (SSSR count). The van der Waals surface area contributed by atoms with E-state index >= 15 is 4.39 Å².